The molecule has 7 nitrogen and oxygen atoms in total. The number of amides is 2. The van der Waals surface area contributed by atoms with Gasteiger partial charge in [-0.1, -0.05) is 109 Å². The molecule has 1 fully saturated rings. The molecule has 5 rings (SSSR count). The van der Waals surface area contributed by atoms with E-state index in [1.165, 1.54) is 23.1 Å². The Morgan fingerprint density at radius 2 is 1.49 bits per heavy atom. The average Bonchev–Trinajstić information content (AvgIpc) is 3.56. The Hall–Kier alpha value is -4.14. The lowest BCUT2D eigenvalue weighted by atomic mass is 10.0. The lowest BCUT2D eigenvalue weighted by molar-refractivity contribution is -0.140. The minimum absolute atomic E-state index is 0.0441. The molecule has 234 valence electrons. The first-order valence-electron chi connectivity index (χ1n) is 15.2. The Labute approximate surface area is 270 Å². The number of benzene rings is 4. The minimum atomic E-state index is -4.17. The summed E-state index contributed by atoms with van der Waals surface area (Å²) in [7, 11) is -4.17. The fourth-order valence-corrected chi connectivity index (χ4v) is 7.30. The molecule has 0 heterocycles. The molecule has 1 aliphatic rings. The summed E-state index contributed by atoms with van der Waals surface area (Å²) in [5.41, 5.74) is 3.05. The maximum Gasteiger partial charge on any atom is 0.264 e. The molecule has 1 aliphatic carbocycles. The number of sulfonamides is 1. The normalized spacial score (nSPS) is 14.1. The second-order valence-corrected chi connectivity index (χ2v) is 13.8. The van der Waals surface area contributed by atoms with Gasteiger partial charge in [-0.05, 0) is 61.2 Å². The lowest BCUT2D eigenvalue weighted by Crippen LogP contribution is -2.54. The second-order valence-electron chi connectivity index (χ2n) is 11.5. The van der Waals surface area contributed by atoms with Crippen LogP contribution in [0.15, 0.2) is 114 Å². The van der Waals surface area contributed by atoms with Crippen molar-refractivity contribution >= 4 is 39.1 Å². The summed E-state index contributed by atoms with van der Waals surface area (Å²) >= 11 is 6.30. The molecule has 2 amide bonds. The van der Waals surface area contributed by atoms with Crippen molar-refractivity contribution in [2.75, 3.05) is 10.8 Å². The third-order valence-electron chi connectivity index (χ3n) is 8.15. The number of rotatable bonds is 12. The van der Waals surface area contributed by atoms with E-state index in [4.69, 9.17) is 11.6 Å². The molecule has 0 unspecified atom stereocenters. The molecule has 0 aromatic heterocycles. The molecule has 0 spiro atoms. The monoisotopic (exact) mass is 643 g/mol. The van der Waals surface area contributed by atoms with Crippen molar-refractivity contribution in [1.82, 2.24) is 10.2 Å². The molecule has 0 radical (unpaired) electrons. The predicted molar refractivity (Wildman–Crippen MR) is 178 cm³/mol. The van der Waals surface area contributed by atoms with E-state index in [-0.39, 0.29) is 35.5 Å². The number of hydrogen-bond acceptors (Lipinski definition) is 4. The largest absolute Gasteiger partial charge is 0.352 e. The molecule has 0 saturated heterocycles. The fraction of sp³-hybridized carbons (Fsp3) is 0.278. The molecule has 4 aromatic rings. The van der Waals surface area contributed by atoms with E-state index in [0.29, 0.717) is 5.02 Å². The van der Waals surface area contributed by atoms with Gasteiger partial charge in [-0.3, -0.25) is 13.9 Å². The molecular weight excluding hydrogens is 606 g/mol. The zero-order chi connectivity index (χ0) is 31.8. The van der Waals surface area contributed by atoms with Gasteiger partial charge in [-0.2, -0.15) is 0 Å². The highest BCUT2D eigenvalue weighted by Crippen LogP contribution is 2.27. The van der Waals surface area contributed by atoms with Crippen LogP contribution in [0.2, 0.25) is 5.02 Å². The van der Waals surface area contributed by atoms with Crippen LogP contribution in [0.5, 0.6) is 0 Å². The molecule has 4 aromatic carbocycles. The van der Waals surface area contributed by atoms with Gasteiger partial charge in [-0.25, -0.2) is 8.42 Å². The first-order valence-corrected chi connectivity index (χ1v) is 17.1. The second kappa shape index (κ2) is 14.8. The Kier molecular flexibility index (Phi) is 10.6. The Bertz CT molecular complexity index is 1690. The number of carbonyl (C=O) groups is 2. The quantitative estimate of drug-likeness (QED) is 0.190. The summed E-state index contributed by atoms with van der Waals surface area (Å²) in [6.45, 7) is 1.59. The van der Waals surface area contributed by atoms with Gasteiger partial charge in [-0.15, -0.1) is 0 Å². The highest BCUT2D eigenvalue weighted by atomic mass is 35.5. The van der Waals surface area contributed by atoms with Gasteiger partial charge in [0.1, 0.15) is 12.6 Å². The van der Waals surface area contributed by atoms with Crippen molar-refractivity contribution in [1.29, 1.82) is 0 Å². The van der Waals surface area contributed by atoms with Crippen LogP contribution in [0, 0.1) is 6.92 Å². The van der Waals surface area contributed by atoms with Crippen LogP contribution in [-0.4, -0.2) is 43.8 Å². The summed E-state index contributed by atoms with van der Waals surface area (Å²) < 4.78 is 29.2. The van der Waals surface area contributed by atoms with Crippen LogP contribution in [-0.2, 0) is 32.6 Å². The Morgan fingerprint density at radius 1 is 0.844 bits per heavy atom. The number of nitrogens with zero attached hydrogens (tertiary/aromatic N) is 2. The van der Waals surface area contributed by atoms with Crippen LogP contribution in [0.4, 0.5) is 5.69 Å². The Morgan fingerprint density at radius 3 is 2.13 bits per heavy atom. The van der Waals surface area contributed by atoms with E-state index in [9.17, 15) is 18.0 Å². The summed E-state index contributed by atoms with van der Waals surface area (Å²) in [6, 6.07) is 31.0. The van der Waals surface area contributed by atoms with Gasteiger partial charge in [0.2, 0.25) is 11.8 Å². The molecule has 45 heavy (non-hydrogen) atoms. The van der Waals surface area contributed by atoms with Gasteiger partial charge in [0, 0.05) is 24.0 Å². The summed E-state index contributed by atoms with van der Waals surface area (Å²) in [5.74, 6) is -0.746. The van der Waals surface area contributed by atoms with E-state index in [2.05, 4.69) is 5.32 Å². The molecule has 9 heteroatoms. The number of carbonyl (C=O) groups excluding carboxylic acids is 2. The predicted octanol–water partition coefficient (Wildman–Crippen LogP) is 6.54. The first kappa shape index (κ1) is 32.3. The van der Waals surface area contributed by atoms with Crippen molar-refractivity contribution in [3.63, 3.8) is 0 Å². The van der Waals surface area contributed by atoms with E-state index in [1.54, 1.807) is 36.4 Å². The van der Waals surface area contributed by atoms with E-state index in [1.807, 2.05) is 61.5 Å². The average molecular weight is 644 g/mol. The minimum Gasteiger partial charge on any atom is -0.352 e. The molecular formula is C36H38ClN3O4S. The zero-order valence-electron chi connectivity index (χ0n) is 25.3. The fourth-order valence-electron chi connectivity index (χ4n) is 5.69. The molecule has 0 bridgehead atoms. The third-order valence-corrected chi connectivity index (χ3v) is 10.2. The number of hydrogen-bond donors (Lipinski definition) is 1. The van der Waals surface area contributed by atoms with Gasteiger partial charge >= 0.3 is 0 Å². The Balaban J connectivity index is 1.56. The highest BCUT2D eigenvalue weighted by molar-refractivity contribution is 7.92. The highest BCUT2D eigenvalue weighted by Gasteiger charge is 2.35. The first-order chi connectivity index (χ1) is 21.7. The van der Waals surface area contributed by atoms with Gasteiger partial charge in [0.25, 0.3) is 10.0 Å². The SMILES string of the molecule is Cc1ccc(CN(C(=O)CN(c2cccc(Cl)c2)S(=O)(=O)c2ccccc2)[C@H](Cc2ccccc2)C(=O)NC2CCCC2)cc1. The molecule has 1 N–H and O–H groups in total. The maximum atomic E-state index is 14.5. The van der Waals surface area contributed by atoms with Crippen molar-refractivity contribution < 1.29 is 18.0 Å². The molecule has 0 aliphatic heterocycles. The standard InChI is InChI=1S/C36H38ClN3O4S/c1-27-19-21-29(22-20-27)25-39(34(23-28-11-4-2-5-12-28)36(42)38-31-14-8-9-15-31)35(41)26-40(32-16-10-13-30(37)24-32)45(43,44)33-17-6-3-7-18-33/h2-7,10-13,16-22,24,31,34H,8-9,14-15,23,25-26H2,1H3,(H,38,42)/t34-/m1/s1. The van der Waals surface area contributed by atoms with Crippen molar-refractivity contribution in [2.45, 2.75) is 62.6 Å². The van der Waals surface area contributed by atoms with Gasteiger partial charge < -0.3 is 10.2 Å². The van der Waals surface area contributed by atoms with Crippen LogP contribution >= 0.6 is 11.6 Å². The van der Waals surface area contributed by atoms with E-state index in [0.717, 1.165) is 46.7 Å². The van der Waals surface area contributed by atoms with E-state index < -0.39 is 28.5 Å². The van der Waals surface area contributed by atoms with E-state index >= 15 is 0 Å². The van der Waals surface area contributed by atoms with Crippen LogP contribution in [0.25, 0.3) is 0 Å². The van der Waals surface area contributed by atoms with Crippen molar-refractivity contribution in [3.05, 3.63) is 131 Å². The summed E-state index contributed by atoms with van der Waals surface area (Å²) in [5, 5.41) is 3.53. The third kappa shape index (κ3) is 8.32. The topological polar surface area (TPSA) is 86.8 Å². The zero-order valence-corrected chi connectivity index (χ0v) is 26.9. The lowest BCUT2D eigenvalue weighted by Gasteiger charge is -2.34. The van der Waals surface area contributed by atoms with Crippen LogP contribution in [0.3, 0.4) is 0 Å². The number of anilines is 1. The van der Waals surface area contributed by atoms with Crippen LogP contribution in [0.1, 0.15) is 42.4 Å². The van der Waals surface area contributed by atoms with Crippen molar-refractivity contribution in [3.8, 4) is 0 Å². The number of aryl methyl sites for hydroxylation is 1. The summed E-state index contributed by atoms with van der Waals surface area (Å²) in [4.78, 5) is 30.2. The number of nitrogens with one attached hydrogen (secondary N) is 1. The maximum absolute atomic E-state index is 14.5. The van der Waals surface area contributed by atoms with Gasteiger partial charge in [0.05, 0.1) is 10.6 Å². The van der Waals surface area contributed by atoms with Gasteiger partial charge in [0.15, 0.2) is 0 Å². The van der Waals surface area contributed by atoms with Crippen LogP contribution < -0.4 is 9.62 Å². The number of halogens is 1. The molecule has 1 atom stereocenters. The molecule has 1 saturated carbocycles. The van der Waals surface area contributed by atoms with Crippen molar-refractivity contribution in [2.24, 2.45) is 0 Å². The smallest absolute Gasteiger partial charge is 0.264 e. The summed E-state index contributed by atoms with van der Waals surface area (Å²) in [6.07, 6.45) is 4.17.